The van der Waals surface area contributed by atoms with E-state index in [4.69, 9.17) is 5.73 Å². The number of aryl methyl sites for hydroxylation is 1. The summed E-state index contributed by atoms with van der Waals surface area (Å²) < 4.78 is 0. The lowest BCUT2D eigenvalue weighted by molar-refractivity contribution is 0.304. The van der Waals surface area contributed by atoms with Crippen molar-refractivity contribution < 1.29 is 0 Å². The molecule has 1 aromatic rings. The summed E-state index contributed by atoms with van der Waals surface area (Å²) in [5, 5.41) is 3.55. The molecule has 0 amide bonds. The third-order valence-electron chi connectivity index (χ3n) is 4.96. The smallest absolute Gasteiger partial charge is 0.128 e. The van der Waals surface area contributed by atoms with E-state index in [0.717, 1.165) is 34.8 Å². The molecule has 3 rings (SSSR count). The normalized spacial score (nSPS) is 31.6. The maximum Gasteiger partial charge on any atom is 0.128 e. The van der Waals surface area contributed by atoms with E-state index in [1.165, 1.54) is 25.7 Å². The van der Waals surface area contributed by atoms with E-state index in [1.807, 2.05) is 19.2 Å². The van der Waals surface area contributed by atoms with E-state index >= 15 is 0 Å². The van der Waals surface area contributed by atoms with Crippen LogP contribution >= 0.6 is 0 Å². The number of pyridine rings is 1. The monoisotopic (exact) mass is 245 g/mol. The second-order valence-corrected chi connectivity index (χ2v) is 6.20. The van der Waals surface area contributed by atoms with Crippen molar-refractivity contribution in [2.45, 2.75) is 45.6 Å². The minimum absolute atomic E-state index is 0.509. The van der Waals surface area contributed by atoms with Crippen LogP contribution in [-0.4, -0.2) is 11.0 Å². The number of rotatable bonds is 3. The number of fused-ring (bicyclic) bond motifs is 2. The number of nitrogens with zero attached hydrogens (tertiary/aromatic N) is 1. The number of anilines is 2. The largest absolute Gasteiger partial charge is 0.398 e. The molecule has 0 aromatic carbocycles. The molecule has 1 heterocycles. The molecule has 18 heavy (non-hydrogen) atoms. The van der Waals surface area contributed by atoms with E-state index in [0.29, 0.717) is 6.04 Å². The predicted molar refractivity (Wildman–Crippen MR) is 75.4 cm³/mol. The van der Waals surface area contributed by atoms with Crippen LogP contribution in [0.3, 0.4) is 0 Å². The van der Waals surface area contributed by atoms with Crippen LogP contribution in [0.5, 0.6) is 0 Å². The topological polar surface area (TPSA) is 50.9 Å². The average molecular weight is 245 g/mol. The number of nitrogens with two attached hydrogens (primary N) is 1. The summed E-state index contributed by atoms with van der Waals surface area (Å²) in [4.78, 5) is 4.42. The van der Waals surface area contributed by atoms with E-state index in [2.05, 4.69) is 17.2 Å². The van der Waals surface area contributed by atoms with Gasteiger partial charge in [0.1, 0.15) is 5.82 Å². The molecule has 3 nitrogen and oxygen atoms in total. The number of aromatic nitrogens is 1. The molecule has 2 saturated carbocycles. The standard InChI is InChI=1S/C15H23N3/c1-9-8-17-15(7-14(9)16)18-10(2)13-6-11-3-4-12(13)5-11/h7-8,10-13H,3-6H2,1-2H3,(H3,16,17,18). The molecule has 4 atom stereocenters. The van der Waals surface area contributed by atoms with Gasteiger partial charge < -0.3 is 11.1 Å². The van der Waals surface area contributed by atoms with Crippen LogP contribution in [0.25, 0.3) is 0 Å². The summed E-state index contributed by atoms with van der Waals surface area (Å²) >= 11 is 0. The highest BCUT2D eigenvalue weighted by molar-refractivity contribution is 5.53. The van der Waals surface area contributed by atoms with Gasteiger partial charge in [0, 0.05) is 24.0 Å². The third kappa shape index (κ3) is 2.06. The Bertz CT molecular complexity index is 443. The molecular formula is C15H23N3. The Hall–Kier alpha value is -1.25. The number of nitrogen functional groups attached to an aromatic ring is 1. The fourth-order valence-electron chi connectivity index (χ4n) is 3.86. The van der Waals surface area contributed by atoms with Crippen LogP contribution in [0, 0.1) is 24.7 Å². The molecule has 2 fully saturated rings. The minimum Gasteiger partial charge on any atom is -0.398 e. The van der Waals surface area contributed by atoms with Gasteiger partial charge in [-0.25, -0.2) is 4.98 Å². The van der Waals surface area contributed by atoms with Gasteiger partial charge in [-0.05, 0) is 56.4 Å². The first kappa shape index (κ1) is 11.8. The summed E-state index contributed by atoms with van der Waals surface area (Å²) in [5.74, 6) is 3.70. The molecular weight excluding hydrogens is 222 g/mol. The summed E-state index contributed by atoms with van der Waals surface area (Å²) in [6.45, 7) is 4.29. The van der Waals surface area contributed by atoms with Crippen LogP contribution in [0.1, 0.15) is 38.2 Å². The van der Waals surface area contributed by atoms with Crippen molar-refractivity contribution in [3.05, 3.63) is 17.8 Å². The molecule has 0 radical (unpaired) electrons. The number of hydrogen-bond donors (Lipinski definition) is 2. The SMILES string of the molecule is Cc1cnc(NC(C)C2CC3CCC2C3)cc1N. The Balaban J connectivity index is 1.67. The molecule has 0 spiro atoms. The maximum absolute atomic E-state index is 5.93. The van der Waals surface area contributed by atoms with E-state index in [1.54, 1.807) is 0 Å². The van der Waals surface area contributed by atoms with Gasteiger partial charge >= 0.3 is 0 Å². The minimum atomic E-state index is 0.509. The second kappa shape index (κ2) is 4.45. The molecule has 0 saturated heterocycles. The van der Waals surface area contributed by atoms with Gasteiger partial charge in [-0.15, -0.1) is 0 Å². The summed E-state index contributed by atoms with van der Waals surface area (Å²) in [7, 11) is 0. The van der Waals surface area contributed by atoms with E-state index in [-0.39, 0.29) is 0 Å². The van der Waals surface area contributed by atoms with Gasteiger partial charge in [0.2, 0.25) is 0 Å². The van der Waals surface area contributed by atoms with Crippen LogP contribution < -0.4 is 11.1 Å². The predicted octanol–water partition coefficient (Wildman–Crippen LogP) is 3.21. The lowest BCUT2D eigenvalue weighted by Crippen LogP contribution is -2.30. The molecule has 4 unspecified atom stereocenters. The van der Waals surface area contributed by atoms with Crippen LogP contribution in [0.4, 0.5) is 11.5 Å². The molecule has 98 valence electrons. The molecule has 0 aliphatic heterocycles. The first-order valence-electron chi connectivity index (χ1n) is 7.12. The van der Waals surface area contributed by atoms with Crippen molar-refractivity contribution >= 4 is 11.5 Å². The van der Waals surface area contributed by atoms with Crippen LogP contribution in [0.2, 0.25) is 0 Å². The molecule has 1 aromatic heterocycles. The lowest BCUT2D eigenvalue weighted by atomic mass is 9.84. The zero-order chi connectivity index (χ0) is 12.7. The Morgan fingerprint density at radius 1 is 1.39 bits per heavy atom. The van der Waals surface area contributed by atoms with Crippen molar-refractivity contribution in [3.8, 4) is 0 Å². The zero-order valence-electron chi connectivity index (χ0n) is 11.3. The Kier molecular flexibility index (Phi) is 2.92. The number of nitrogens with one attached hydrogen (secondary N) is 1. The average Bonchev–Trinajstić information content (AvgIpc) is 2.96. The van der Waals surface area contributed by atoms with E-state index in [9.17, 15) is 0 Å². The van der Waals surface area contributed by atoms with Crippen molar-refractivity contribution in [1.29, 1.82) is 0 Å². The fraction of sp³-hybridized carbons (Fsp3) is 0.667. The molecule has 2 aliphatic rings. The van der Waals surface area contributed by atoms with Crippen molar-refractivity contribution in [3.63, 3.8) is 0 Å². The second-order valence-electron chi connectivity index (χ2n) is 6.20. The van der Waals surface area contributed by atoms with Gasteiger partial charge in [-0.1, -0.05) is 6.42 Å². The number of hydrogen-bond acceptors (Lipinski definition) is 3. The Labute approximate surface area is 109 Å². The first-order valence-corrected chi connectivity index (χ1v) is 7.12. The summed E-state index contributed by atoms with van der Waals surface area (Å²) in [6.07, 6.45) is 7.61. The van der Waals surface area contributed by atoms with Crippen LogP contribution in [0.15, 0.2) is 12.3 Å². The molecule has 2 aliphatic carbocycles. The van der Waals surface area contributed by atoms with E-state index < -0.39 is 0 Å². The molecule has 3 heteroatoms. The highest BCUT2D eigenvalue weighted by atomic mass is 15.0. The van der Waals surface area contributed by atoms with Gasteiger partial charge in [0.05, 0.1) is 0 Å². The van der Waals surface area contributed by atoms with Crippen LogP contribution in [-0.2, 0) is 0 Å². The van der Waals surface area contributed by atoms with Gasteiger partial charge in [-0.2, -0.15) is 0 Å². The Morgan fingerprint density at radius 3 is 2.83 bits per heavy atom. The van der Waals surface area contributed by atoms with Crippen molar-refractivity contribution in [2.24, 2.45) is 17.8 Å². The zero-order valence-corrected chi connectivity index (χ0v) is 11.3. The van der Waals surface area contributed by atoms with Gasteiger partial charge in [0.25, 0.3) is 0 Å². The first-order chi connectivity index (χ1) is 8.63. The highest BCUT2D eigenvalue weighted by Crippen LogP contribution is 2.49. The van der Waals surface area contributed by atoms with Crippen molar-refractivity contribution in [2.75, 3.05) is 11.1 Å². The highest BCUT2D eigenvalue weighted by Gasteiger charge is 2.41. The maximum atomic E-state index is 5.93. The van der Waals surface area contributed by atoms with Gasteiger partial charge in [0.15, 0.2) is 0 Å². The fourth-order valence-corrected chi connectivity index (χ4v) is 3.86. The third-order valence-corrected chi connectivity index (χ3v) is 4.96. The van der Waals surface area contributed by atoms with Gasteiger partial charge in [-0.3, -0.25) is 0 Å². The Morgan fingerprint density at radius 2 is 2.22 bits per heavy atom. The van der Waals surface area contributed by atoms with Crippen molar-refractivity contribution in [1.82, 2.24) is 4.98 Å². The summed E-state index contributed by atoms with van der Waals surface area (Å²) in [5.41, 5.74) is 7.81. The lowest BCUT2D eigenvalue weighted by Gasteiger charge is -2.29. The summed E-state index contributed by atoms with van der Waals surface area (Å²) in [6, 6.07) is 2.47. The quantitative estimate of drug-likeness (QED) is 0.859. The molecule has 3 N–H and O–H groups in total. The molecule has 2 bridgehead atoms.